The van der Waals surface area contributed by atoms with Crippen LogP contribution >= 0.6 is 0 Å². The van der Waals surface area contributed by atoms with Crippen LogP contribution in [-0.2, 0) is 5.41 Å². The van der Waals surface area contributed by atoms with Crippen LogP contribution in [-0.4, -0.2) is 5.78 Å². The molecule has 2 fully saturated rings. The minimum atomic E-state index is 0.115. The lowest BCUT2D eigenvalue weighted by Crippen LogP contribution is -2.10. The second kappa shape index (κ2) is 4.30. The summed E-state index contributed by atoms with van der Waals surface area (Å²) in [6.07, 6.45) is 5.35. The summed E-state index contributed by atoms with van der Waals surface area (Å²) in [5.41, 5.74) is 3.94. The first-order valence-corrected chi connectivity index (χ1v) is 7.85. The van der Waals surface area contributed by atoms with Gasteiger partial charge in [0.15, 0.2) is 5.78 Å². The van der Waals surface area contributed by atoms with Crippen molar-refractivity contribution in [2.45, 2.75) is 38.0 Å². The molecule has 1 nitrogen and oxygen atoms in total. The molecular formula is C20H20O. The molecule has 2 unspecified atom stereocenters. The average Bonchev–Trinajstić information content (AvgIpc) is 3.00. The molecule has 0 heterocycles. The first-order chi connectivity index (χ1) is 10.1. The van der Waals surface area contributed by atoms with Crippen molar-refractivity contribution in [2.24, 2.45) is 5.41 Å². The van der Waals surface area contributed by atoms with Crippen LogP contribution in [0.2, 0.25) is 0 Å². The zero-order chi connectivity index (χ0) is 14.5. The van der Waals surface area contributed by atoms with E-state index in [0.29, 0.717) is 10.8 Å². The van der Waals surface area contributed by atoms with E-state index in [4.69, 9.17) is 0 Å². The van der Waals surface area contributed by atoms with Crippen molar-refractivity contribution in [2.75, 3.05) is 0 Å². The van der Waals surface area contributed by atoms with Gasteiger partial charge in [0.2, 0.25) is 0 Å². The molecule has 106 valence electrons. The SMILES string of the molecule is CC12CCCC1(c1ccc(C(=O)c3ccccc3)cc1)C2. The maximum Gasteiger partial charge on any atom is 0.193 e. The quantitative estimate of drug-likeness (QED) is 0.739. The Kier molecular flexibility index (Phi) is 2.63. The van der Waals surface area contributed by atoms with Gasteiger partial charge < -0.3 is 0 Å². The van der Waals surface area contributed by atoms with Crippen molar-refractivity contribution in [1.82, 2.24) is 0 Å². The molecule has 2 aliphatic rings. The highest BCUT2D eigenvalue weighted by atomic mass is 16.1. The van der Waals surface area contributed by atoms with E-state index in [-0.39, 0.29) is 5.78 Å². The lowest BCUT2D eigenvalue weighted by molar-refractivity contribution is 0.103. The number of rotatable bonds is 3. The zero-order valence-electron chi connectivity index (χ0n) is 12.4. The van der Waals surface area contributed by atoms with Crippen molar-refractivity contribution >= 4 is 5.78 Å². The maximum atomic E-state index is 12.4. The molecule has 0 saturated heterocycles. The van der Waals surface area contributed by atoms with Crippen LogP contribution in [0.4, 0.5) is 0 Å². The van der Waals surface area contributed by atoms with Crippen LogP contribution in [0, 0.1) is 5.41 Å². The summed E-state index contributed by atoms with van der Waals surface area (Å²) in [6, 6.07) is 17.9. The van der Waals surface area contributed by atoms with Gasteiger partial charge in [-0.05, 0) is 30.2 Å². The second-order valence-electron chi connectivity index (χ2n) is 6.95. The Bertz CT molecular complexity index is 682. The Labute approximate surface area is 126 Å². The summed E-state index contributed by atoms with van der Waals surface area (Å²) < 4.78 is 0. The number of ketones is 1. The van der Waals surface area contributed by atoms with Crippen molar-refractivity contribution < 1.29 is 4.79 Å². The smallest absolute Gasteiger partial charge is 0.193 e. The van der Waals surface area contributed by atoms with Gasteiger partial charge in [0.05, 0.1) is 0 Å². The van der Waals surface area contributed by atoms with Crippen LogP contribution in [0.1, 0.15) is 54.1 Å². The van der Waals surface area contributed by atoms with Crippen molar-refractivity contribution in [3.05, 3.63) is 71.3 Å². The van der Waals surface area contributed by atoms with Crippen molar-refractivity contribution in [3.8, 4) is 0 Å². The molecule has 0 N–H and O–H groups in total. The fourth-order valence-corrected chi connectivity index (χ4v) is 4.41. The Morgan fingerprint density at radius 1 is 0.905 bits per heavy atom. The standard InChI is InChI=1S/C20H20O/c1-19-12-5-13-20(19,14-19)17-10-8-16(9-11-17)18(21)15-6-3-2-4-7-15/h2-4,6-11H,5,12-14H2,1H3. The molecule has 0 aliphatic heterocycles. The number of hydrogen-bond donors (Lipinski definition) is 0. The molecule has 0 radical (unpaired) electrons. The molecule has 2 aromatic rings. The fraction of sp³-hybridized carbons (Fsp3) is 0.350. The maximum absolute atomic E-state index is 12.4. The summed E-state index contributed by atoms with van der Waals surface area (Å²) in [5, 5.41) is 0. The Balaban J connectivity index is 1.62. The van der Waals surface area contributed by atoms with Gasteiger partial charge in [-0.15, -0.1) is 0 Å². The summed E-state index contributed by atoms with van der Waals surface area (Å²) in [6.45, 7) is 2.42. The third-order valence-corrected chi connectivity index (χ3v) is 5.79. The second-order valence-corrected chi connectivity index (χ2v) is 6.95. The van der Waals surface area contributed by atoms with Crippen LogP contribution in [0.5, 0.6) is 0 Å². The van der Waals surface area contributed by atoms with Crippen LogP contribution < -0.4 is 0 Å². The first-order valence-electron chi connectivity index (χ1n) is 7.85. The van der Waals surface area contributed by atoms with Gasteiger partial charge in [0.1, 0.15) is 0 Å². The largest absolute Gasteiger partial charge is 0.289 e. The lowest BCUT2D eigenvalue weighted by Gasteiger charge is -2.16. The van der Waals surface area contributed by atoms with Crippen molar-refractivity contribution in [1.29, 1.82) is 0 Å². The molecule has 2 aliphatic carbocycles. The molecule has 2 aromatic carbocycles. The Morgan fingerprint density at radius 3 is 2.14 bits per heavy atom. The molecule has 0 amide bonds. The van der Waals surface area contributed by atoms with Crippen molar-refractivity contribution in [3.63, 3.8) is 0 Å². The minimum Gasteiger partial charge on any atom is -0.289 e. The highest BCUT2D eigenvalue weighted by molar-refractivity contribution is 6.08. The fourth-order valence-electron chi connectivity index (χ4n) is 4.41. The average molecular weight is 276 g/mol. The number of benzene rings is 2. The molecule has 2 atom stereocenters. The van der Waals surface area contributed by atoms with Crippen LogP contribution in [0.3, 0.4) is 0 Å². The van der Waals surface area contributed by atoms with Gasteiger partial charge in [-0.2, -0.15) is 0 Å². The molecule has 1 heteroatoms. The summed E-state index contributed by atoms with van der Waals surface area (Å²) in [7, 11) is 0. The van der Waals surface area contributed by atoms with E-state index >= 15 is 0 Å². The number of hydrogen-bond acceptors (Lipinski definition) is 1. The van der Waals surface area contributed by atoms with Gasteiger partial charge in [-0.3, -0.25) is 4.79 Å². The van der Waals surface area contributed by atoms with Gasteiger partial charge in [-0.1, -0.05) is 67.9 Å². The molecule has 0 spiro atoms. The molecule has 4 rings (SSSR count). The number of carbonyl (C=O) groups excluding carboxylic acids is 1. The molecule has 2 saturated carbocycles. The summed E-state index contributed by atoms with van der Waals surface area (Å²) in [5.74, 6) is 0.115. The molecule has 0 aromatic heterocycles. The van der Waals surface area contributed by atoms with E-state index in [9.17, 15) is 4.79 Å². The molecular weight excluding hydrogens is 256 g/mol. The third-order valence-electron chi connectivity index (χ3n) is 5.79. The normalized spacial score (nSPS) is 30.0. The Morgan fingerprint density at radius 2 is 1.57 bits per heavy atom. The van der Waals surface area contributed by atoms with E-state index < -0.39 is 0 Å². The Hall–Kier alpha value is -1.89. The monoisotopic (exact) mass is 276 g/mol. The van der Waals surface area contributed by atoms with E-state index in [2.05, 4.69) is 19.1 Å². The third kappa shape index (κ3) is 1.80. The number of fused-ring (bicyclic) bond motifs is 1. The molecule has 21 heavy (non-hydrogen) atoms. The van der Waals surface area contributed by atoms with E-state index in [1.807, 2.05) is 42.5 Å². The molecule has 0 bridgehead atoms. The van der Waals surface area contributed by atoms with Gasteiger partial charge in [0, 0.05) is 16.5 Å². The number of carbonyl (C=O) groups is 1. The predicted molar refractivity (Wildman–Crippen MR) is 84.6 cm³/mol. The van der Waals surface area contributed by atoms with E-state index in [1.165, 1.54) is 31.2 Å². The zero-order valence-corrected chi connectivity index (χ0v) is 12.4. The lowest BCUT2D eigenvalue weighted by atomic mass is 9.88. The topological polar surface area (TPSA) is 17.1 Å². The highest BCUT2D eigenvalue weighted by Gasteiger charge is 2.66. The first kappa shape index (κ1) is 12.8. The van der Waals surface area contributed by atoms with Crippen LogP contribution in [0.25, 0.3) is 0 Å². The minimum absolute atomic E-state index is 0.115. The van der Waals surface area contributed by atoms with Crippen LogP contribution in [0.15, 0.2) is 54.6 Å². The summed E-state index contributed by atoms with van der Waals surface area (Å²) >= 11 is 0. The predicted octanol–water partition coefficient (Wildman–Crippen LogP) is 4.75. The summed E-state index contributed by atoms with van der Waals surface area (Å²) in [4.78, 5) is 12.4. The van der Waals surface area contributed by atoms with Gasteiger partial charge in [-0.25, -0.2) is 0 Å². The highest BCUT2D eigenvalue weighted by Crippen LogP contribution is 2.73. The van der Waals surface area contributed by atoms with Gasteiger partial charge >= 0.3 is 0 Å². The van der Waals surface area contributed by atoms with Gasteiger partial charge in [0.25, 0.3) is 0 Å². The van der Waals surface area contributed by atoms with E-state index in [1.54, 1.807) is 0 Å². The van der Waals surface area contributed by atoms with E-state index in [0.717, 1.165) is 11.1 Å².